The van der Waals surface area contributed by atoms with Crippen molar-refractivity contribution < 1.29 is 9.84 Å². The molecule has 0 atom stereocenters. The van der Waals surface area contributed by atoms with Gasteiger partial charge < -0.3 is 9.84 Å². The van der Waals surface area contributed by atoms with Crippen molar-refractivity contribution in [2.45, 2.75) is 33.9 Å². The minimum atomic E-state index is -1.62. The molecule has 2 aromatic rings. The average Bonchev–Trinajstić information content (AvgIpc) is 2.48. The Morgan fingerprint density at radius 3 is 2.24 bits per heavy atom. The summed E-state index contributed by atoms with van der Waals surface area (Å²) >= 11 is 0. The van der Waals surface area contributed by atoms with Gasteiger partial charge in [0.15, 0.2) is 0 Å². The van der Waals surface area contributed by atoms with Crippen LogP contribution in [0.5, 0.6) is 11.5 Å². The summed E-state index contributed by atoms with van der Waals surface area (Å²) in [5.41, 5.74) is 2.80. The first kappa shape index (κ1) is 15.6. The molecule has 0 bridgehead atoms. The molecule has 0 fully saturated rings. The molecule has 21 heavy (non-hydrogen) atoms. The van der Waals surface area contributed by atoms with Gasteiger partial charge in [0, 0.05) is 0 Å². The maximum atomic E-state index is 9.97. The monoisotopic (exact) mass is 300 g/mol. The minimum Gasteiger partial charge on any atom is -0.507 e. The third-order valence-corrected chi connectivity index (χ3v) is 6.91. The minimum absolute atomic E-state index is 0.374. The second-order valence-electron chi connectivity index (χ2n) is 6.33. The van der Waals surface area contributed by atoms with Crippen LogP contribution in [0.3, 0.4) is 0 Å². The van der Waals surface area contributed by atoms with Crippen LogP contribution in [0, 0.1) is 20.8 Å². The van der Waals surface area contributed by atoms with E-state index in [9.17, 15) is 5.11 Å². The summed E-state index contributed by atoms with van der Waals surface area (Å²) in [5, 5.41) is 11.4. The molecule has 0 aliphatic heterocycles. The average molecular weight is 300 g/mol. The molecule has 0 aromatic heterocycles. The molecule has 3 heteroatoms. The van der Waals surface area contributed by atoms with Crippen LogP contribution in [0.1, 0.15) is 16.7 Å². The van der Waals surface area contributed by atoms with E-state index in [1.54, 1.807) is 0 Å². The van der Waals surface area contributed by atoms with Crippen LogP contribution in [0.25, 0.3) is 0 Å². The number of aryl methyl sites for hydroxylation is 1. The molecule has 0 saturated heterocycles. The Labute approximate surface area is 128 Å². The molecule has 0 saturated carbocycles. The molecular weight excluding hydrogens is 276 g/mol. The second kappa shape index (κ2) is 5.94. The highest BCUT2D eigenvalue weighted by Crippen LogP contribution is 2.32. The second-order valence-corrected chi connectivity index (χ2v) is 11.0. The zero-order valence-electron chi connectivity index (χ0n) is 13.5. The van der Waals surface area contributed by atoms with E-state index in [0.717, 1.165) is 28.7 Å². The van der Waals surface area contributed by atoms with Gasteiger partial charge in [-0.1, -0.05) is 48.6 Å². The number of phenols is 1. The highest BCUT2D eigenvalue weighted by Gasteiger charge is 2.25. The van der Waals surface area contributed by atoms with Gasteiger partial charge in [0.1, 0.15) is 19.6 Å². The molecular formula is C18H24O2Si. The van der Waals surface area contributed by atoms with Gasteiger partial charge in [0.05, 0.1) is 6.23 Å². The number of hydrogen-bond acceptors (Lipinski definition) is 2. The van der Waals surface area contributed by atoms with Gasteiger partial charge in [-0.3, -0.25) is 0 Å². The van der Waals surface area contributed by atoms with Crippen molar-refractivity contribution in [2.24, 2.45) is 0 Å². The fourth-order valence-electron chi connectivity index (χ4n) is 2.41. The molecule has 0 unspecified atom stereocenters. The molecule has 0 aliphatic carbocycles. The van der Waals surface area contributed by atoms with Crippen molar-refractivity contribution in [2.75, 3.05) is 6.23 Å². The molecule has 112 valence electrons. The van der Waals surface area contributed by atoms with Crippen molar-refractivity contribution >= 4 is 13.3 Å². The van der Waals surface area contributed by atoms with Crippen molar-refractivity contribution in [1.82, 2.24) is 0 Å². The smallest absolute Gasteiger partial charge is 0.124 e. The fraction of sp³-hybridized carbons (Fsp3) is 0.333. The molecule has 2 rings (SSSR count). The summed E-state index contributed by atoms with van der Waals surface area (Å²) in [6.07, 6.45) is 0.738. The number of hydrogen-bond donors (Lipinski definition) is 1. The van der Waals surface area contributed by atoms with E-state index >= 15 is 0 Å². The quantitative estimate of drug-likeness (QED) is 0.869. The number of benzene rings is 2. The van der Waals surface area contributed by atoms with Crippen LogP contribution in [-0.4, -0.2) is 19.4 Å². The van der Waals surface area contributed by atoms with Gasteiger partial charge >= 0.3 is 0 Å². The molecule has 2 nitrogen and oxygen atoms in total. The molecule has 0 heterocycles. The topological polar surface area (TPSA) is 29.5 Å². The van der Waals surface area contributed by atoms with Gasteiger partial charge in [-0.2, -0.15) is 0 Å². The zero-order chi connectivity index (χ0) is 15.6. The first-order chi connectivity index (χ1) is 9.83. The van der Waals surface area contributed by atoms with Crippen LogP contribution >= 0.6 is 0 Å². The predicted octanol–water partition coefficient (Wildman–Crippen LogP) is 3.85. The van der Waals surface area contributed by atoms with E-state index in [0.29, 0.717) is 5.75 Å². The van der Waals surface area contributed by atoms with Crippen molar-refractivity contribution in [1.29, 1.82) is 0 Å². The lowest BCUT2D eigenvalue weighted by molar-refractivity contribution is 0.373. The Kier molecular flexibility index (Phi) is 4.42. The lowest BCUT2D eigenvalue weighted by atomic mass is 10.0. The van der Waals surface area contributed by atoms with E-state index in [2.05, 4.69) is 37.4 Å². The Hall–Kier alpha value is -1.74. The lowest BCUT2D eigenvalue weighted by Crippen LogP contribution is -2.47. The molecule has 0 spiro atoms. The van der Waals surface area contributed by atoms with Crippen LogP contribution in [0.2, 0.25) is 13.1 Å². The standard InChI is InChI=1S/C18H24O2Si/c1-13-11-17(14(2)15(3)18(13)19)20-12-21(4,5)16-9-7-6-8-10-16/h6-11,19H,12H2,1-5H3. The molecule has 0 amide bonds. The van der Waals surface area contributed by atoms with E-state index in [-0.39, 0.29) is 0 Å². The lowest BCUT2D eigenvalue weighted by Gasteiger charge is -2.24. The van der Waals surface area contributed by atoms with E-state index < -0.39 is 8.07 Å². The van der Waals surface area contributed by atoms with E-state index in [4.69, 9.17) is 4.74 Å². The van der Waals surface area contributed by atoms with Gasteiger partial charge in [0.25, 0.3) is 0 Å². The SMILES string of the molecule is Cc1cc(OC[Si](C)(C)c2ccccc2)c(C)c(C)c1O. The van der Waals surface area contributed by atoms with Gasteiger partial charge in [-0.15, -0.1) is 0 Å². The van der Waals surface area contributed by atoms with Crippen LogP contribution in [-0.2, 0) is 0 Å². The molecule has 2 aromatic carbocycles. The van der Waals surface area contributed by atoms with Crippen molar-refractivity contribution in [3.05, 3.63) is 53.1 Å². The number of aromatic hydroxyl groups is 1. The predicted molar refractivity (Wildman–Crippen MR) is 91.4 cm³/mol. The van der Waals surface area contributed by atoms with Gasteiger partial charge in [0.2, 0.25) is 0 Å². The zero-order valence-corrected chi connectivity index (χ0v) is 14.5. The van der Waals surface area contributed by atoms with Crippen LogP contribution < -0.4 is 9.92 Å². The first-order valence-electron chi connectivity index (χ1n) is 7.31. The molecule has 0 aliphatic rings. The van der Waals surface area contributed by atoms with Gasteiger partial charge in [-0.05, 0) is 43.5 Å². The fourth-order valence-corrected chi connectivity index (χ4v) is 4.19. The van der Waals surface area contributed by atoms with E-state index in [1.807, 2.05) is 32.9 Å². The summed E-state index contributed by atoms with van der Waals surface area (Å²) in [4.78, 5) is 0. The van der Waals surface area contributed by atoms with E-state index in [1.165, 1.54) is 5.19 Å². The van der Waals surface area contributed by atoms with Crippen molar-refractivity contribution in [3.63, 3.8) is 0 Å². The van der Waals surface area contributed by atoms with Crippen molar-refractivity contribution in [3.8, 4) is 11.5 Å². The Balaban J connectivity index is 2.21. The maximum absolute atomic E-state index is 9.97. The molecule has 1 N–H and O–H groups in total. The number of ether oxygens (including phenoxy) is 1. The first-order valence-corrected chi connectivity index (χ1v) is 10.5. The summed E-state index contributed by atoms with van der Waals surface area (Å²) in [7, 11) is -1.62. The third-order valence-electron chi connectivity index (χ3n) is 4.15. The largest absolute Gasteiger partial charge is 0.507 e. The highest BCUT2D eigenvalue weighted by atomic mass is 28.3. The summed E-state index contributed by atoms with van der Waals surface area (Å²) in [6.45, 7) is 10.5. The Morgan fingerprint density at radius 1 is 1.00 bits per heavy atom. The normalized spacial score (nSPS) is 11.5. The summed E-state index contributed by atoms with van der Waals surface area (Å²) < 4.78 is 6.12. The maximum Gasteiger partial charge on any atom is 0.124 e. The Morgan fingerprint density at radius 2 is 1.62 bits per heavy atom. The summed E-state index contributed by atoms with van der Waals surface area (Å²) in [6, 6.07) is 12.5. The highest BCUT2D eigenvalue weighted by molar-refractivity contribution is 6.89. The summed E-state index contributed by atoms with van der Waals surface area (Å²) in [5.74, 6) is 1.26. The number of rotatable bonds is 4. The molecule has 0 radical (unpaired) electrons. The number of phenolic OH excluding ortho intramolecular Hbond substituents is 1. The van der Waals surface area contributed by atoms with Crippen LogP contribution in [0.15, 0.2) is 36.4 Å². The Bertz CT molecular complexity index is 633. The van der Waals surface area contributed by atoms with Crippen LogP contribution in [0.4, 0.5) is 0 Å². The van der Waals surface area contributed by atoms with Gasteiger partial charge in [-0.25, -0.2) is 0 Å². The third kappa shape index (κ3) is 3.30.